The third-order valence-electron chi connectivity index (χ3n) is 4.07. The van der Waals surface area contributed by atoms with E-state index in [0.29, 0.717) is 5.41 Å². The second kappa shape index (κ2) is 6.18. The summed E-state index contributed by atoms with van der Waals surface area (Å²) in [7, 11) is 1.75. The van der Waals surface area contributed by atoms with Crippen LogP contribution in [0.25, 0.3) is 0 Å². The number of nitrogens with one attached hydrogen (secondary N) is 1. The molecule has 1 saturated carbocycles. The van der Waals surface area contributed by atoms with Crippen LogP contribution in [0.3, 0.4) is 0 Å². The summed E-state index contributed by atoms with van der Waals surface area (Å²) in [6, 6.07) is 8.82. The fourth-order valence-corrected chi connectivity index (χ4v) is 3.12. The van der Waals surface area contributed by atoms with Crippen molar-refractivity contribution in [2.75, 3.05) is 26.8 Å². The van der Waals surface area contributed by atoms with Crippen LogP contribution in [0.15, 0.2) is 28.7 Å². The van der Waals surface area contributed by atoms with Crippen molar-refractivity contribution in [1.29, 1.82) is 0 Å². The number of hydrogen-bond acceptors (Lipinski definition) is 2. The molecule has 0 aliphatic heterocycles. The molecule has 2 atom stereocenters. The highest BCUT2D eigenvalue weighted by Crippen LogP contribution is 2.55. The van der Waals surface area contributed by atoms with Gasteiger partial charge >= 0.3 is 0 Å². The largest absolute Gasteiger partial charge is 0.383 e. The topological polar surface area (TPSA) is 21.3 Å². The number of halogens is 1. The summed E-state index contributed by atoms with van der Waals surface area (Å²) in [5.41, 5.74) is 1.84. The Hall–Kier alpha value is -0.380. The highest BCUT2D eigenvalue weighted by atomic mass is 79.9. The number of ether oxygens (including phenoxy) is 1. The molecule has 0 aromatic heterocycles. The second-order valence-electron chi connectivity index (χ2n) is 5.14. The summed E-state index contributed by atoms with van der Waals surface area (Å²) in [6.45, 7) is 5.08. The van der Waals surface area contributed by atoms with Crippen molar-refractivity contribution in [2.45, 2.75) is 25.2 Å². The van der Waals surface area contributed by atoms with Crippen molar-refractivity contribution in [3.63, 3.8) is 0 Å². The molecule has 0 heterocycles. The molecule has 2 nitrogen and oxygen atoms in total. The molecule has 1 aliphatic carbocycles. The molecule has 18 heavy (non-hydrogen) atoms. The molecule has 1 aromatic rings. The van der Waals surface area contributed by atoms with Crippen molar-refractivity contribution in [3.05, 3.63) is 34.3 Å². The first-order valence-corrected chi connectivity index (χ1v) is 7.48. The molecule has 3 heteroatoms. The van der Waals surface area contributed by atoms with Crippen LogP contribution in [0.2, 0.25) is 0 Å². The predicted octanol–water partition coefficient (Wildman–Crippen LogP) is 3.35. The Labute approximate surface area is 118 Å². The van der Waals surface area contributed by atoms with E-state index in [4.69, 9.17) is 4.74 Å². The fraction of sp³-hybridized carbons (Fsp3) is 0.600. The fourth-order valence-electron chi connectivity index (χ4n) is 2.86. The van der Waals surface area contributed by atoms with E-state index < -0.39 is 0 Å². The standard InChI is InChI=1S/C15H22BrNO/c1-3-12-10-15(12,11-17-8-9-18-2)13-4-6-14(16)7-5-13/h4-7,12,17H,3,8-11H2,1-2H3. The van der Waals surface area contributed by atoms with Crippen LogP contribution in [0.1, 0.15) is 25.3 Å². The Balaban J connectivity index is 2.01. The van der Waals surface area contributed by atoms with Gasteiger partial charge in [-0.1, -0.05) is 41.4 Å². The van der Waals surface area contributed by atoms with E-state index in [0.717, 1.165) is 30.1 Å². The molecule has 100 valence electrons. The van der Waals surface area contributed by atoms with E-state index in [9.17, 15) is 0 Å². The summed E-state index contributed by atoms with van der Waals surface area (Å²) < 4.78 is 6.24. The zero-order chi connectivity index (χ0) is 13.0. The summed E-state index contributed by atoms with van der Waals surface area (Å²) >= 11 is 3.51. The number of hydrogen-bond donors (Lipinski definition) is 1. The highest BCUT2D eigenvalue weighted by Gasteiger charge is 2.53. The lowest BCUT2D eigenvalue weighted by atomic mass is 9.92. The summed E-state index contributed by atoms with van der Waals surface area (Å²) in [4.78, 5) is 0. The van der Waals surface area contributed by atoms with Crippen LogP contribution in [-0.2, 0) is 10.2 Å². The van der Waals surface area contributed by atoms with E-state index >= 15 is 0 Å². The molecule has 0 amide bonds. The van der Waals surface area contributed by atoms with E-state index in [1.807, 2.05) is 0 Å². The minimum atomic E-state index is 0.364. The first-order valence-electron chi connectivity index (χ1n) is 6.68. The Morgan fingerprint density at radius 2 is 2.11 bits per heavy atom. The second-order valence-corrected chi connectivity index (χ2v) is 6.06. The molecule has 1 N–H and O–H groups in total. The zero-order valence-electron chi connectivity index (χ0n) is 11.2. The number of benzene rings is 1. The Kier molecular flexibility index (Phi) is 4.82. The van der Waals surface area contributed by atoms with Gasteiger partial charge in [0.15, 0.2) is 0 Å². The van der Waals surface area contributed by atoms with Gasteiger partial charge in [0, 0.05) is 30.1 Å². The van der Waals surface area contributed by atoms with Crippen LogP contribution in [-0.4, -0.2) is 26.8 Å². The van der Waals surface area contributed by atoms with Crippen LogP contribution in [0, 0.1) is 5.92 Å². The van der Waals surface area contributed by atoms with Gasteiger partial charge in [-0.2, -0.15) is 0 Å². The Morgan fingerprint density at radius 1 is 1.39 bits per heavy atom. The van der Waals surface area contributed by atoms with Gasteiger partial charge in [0.25, 0.3) is 0 Å². The molecular weight excluding hydrogens is 290 g/mol. The molecule has 2 unspecified atom stereocenters. The van der Waals surface area contributed by atoms with Crippen molar-refractivity contribution < 1.29 is 4.74 Å². The minimum Gasteiger partial charge on any atom is -0.383 e. The molecule has 0 spiro atoms. The maximum Gasteiger partial charge on any atom is 0.0587 e. The van der Waals surface area contributed by atoms with Gasteiger partial charge < -0.3 is 10.1 Å². The van der Waals surface area contributed by atoms with Crippen molar-refractivity contribution in [2.24, 2.45) is 5.92 Å². The predicted molar refractivity (Wildman–Crippen MR) is 79.0 cm³/mol. The highest BCUT2D eigenvalue weighted by molar-refractivity contribution is 9.10. The lowest BCUT2D eigenvalue weighted by Crippen LogP contribution is -2.30. The van der Waals surface area contributed by atoms with E-state index in [-0.39, 0.29) is 0 Å². The van der Waals surface area contributed by atoms with Gasteiger partial charge in [-0.05, 0) is 30.0 Å². The van der Waals surface area contributed by atoms with E-state index in [2.05, 4.69) is 52.4 Å². The quantitative estimate of drug-likeness (QED) is 0.780. The molecule has 1 fully saturated rings. The van der Waals surface area contributed by atoms with Crippen molar-refractivity contribution in [1.82, 2.24) is 5.32 Å². The smallest absolute Gasteiger partial charge is 0.0587 e. The first-order chi connectivity index (χ1) is 8.73. The zero-order valence-corrected chi connectivity index (χ0v) is 12.8. The van der Waals surface area contributed by atoms with E-state index in [1.54, 1.807) is 7.11 Å². The van der Waals surface area contributed by atoms with Crippen LogP contribution in [0.4, 0.5) is 0 Å². The molecule has 0 bridgehead atoms. The average molecular weight is 312 g/mol. The molecule has 1 aliphatic rings. The van der Waals surface area contributed by atoms with Gasteiger partial charge in [0.05, 0.1) is 6.61 Å². The SMILES string of the molecule is CCC1CC1(CNCCOC)c1ccc(Br)cc1. The van der Waals surface area contributed by atoms with Gasteiger partial charge in [-0.3, -0.25) is 0 Å². The molecular formula is C15H22BrNO. The third-order valence-corrected chi connectivity index (χ3v) is 4.60. The van der Waals surface area contributed by atoms with E-state index in [1.165, 1.54) is 18.4 Å². The van der Waals surface area contributed by atoms with Crippen molar-refractivity contribution >= 4 is 15.9 Å². The minimum absolute atomic E-state index is 0.364. The molecule has 2 rings (SSSR count). The maximum atomic E-state index is 5.08. The number of methoxy groups -OCH3 is 1. The number of rotatable bonds is 7. The first kappa shape index (κ1) is 14.0. The molecule has 1 aromatic carbocycles. The average Bonchev–Trinajstić information content (AvgIpc) is 3.10. The van der Waals surface area contributed by atoms with Crippen LogP contribution >= 0.6 is 15.9 Å². The monoisotopic (exact) mass is 311 g/mol. The van der Waals surface area contributed by atoms with Gasteiger partial charge in [-0.25, -0.2) is 0 Å². The van der Waals surface area contributed by atoms with Gasteiger partial charge in [0.1, 0.15) is 0 Å². The van der Waals surface area contributed by atoms with Gasteiger partial charge in [-0.15, -0.1) is 0 Å². The normalized spacial score (nSPS) is 26.3. The third kappa shape index (κ3) is 2.95. The maximum absolute atomic E-state index is 5.08. The van der Waals surface area contributed by atoms with Gasteiger partial charge in [0.2, 0.25) is 0 Å². The Morgan fingerprint density at radius 3 is 2.67 bits per heavy atom. The van der Waals surface area contributed by atoms with Crippen molar-refractivity contribution in [3.8, 4) is 0 Å². The Bertz CT molecular complexity index is 379. The summed E-state index contributed by atoms with van der Waals surface area (Å²) in [5.74, 6) is 0.828. The van der Waals surface area contributed by atoms with Crippen LogP contribution in [0.5, 0.6) is 0 Å². The van der Waals surface area contributed by atoms with Crippen LogP contribution < -0.4 is 5.32 Å². The summed E-state index contributed by atoms with van der Waals surface area (Å²) in [6.07, 6.45) is 2.58. The lowest BCUT2D eigenvalue weighted by molar-refractivity contribution is 0.198. The molecule has 0 radical (unpaired) electrons. The molecule has 0 saturated heterocycles. The summed E-state index contributed by atoms with van der Waals surface area (Å²) in [5, 5.41) is 3.53. The lowest BCUT2D eigenvalue weighted by Gasteiger charge is -2.19.